The predicted octanol–water partition coefficient (Wildman–Crippen LogP) is 2.79. The van der Waals surface area contributed by atoms with Crippen LogP contribution in [0.4, 0.5) is 8.78 Å². The second kappa shape index (κ2) is 5.76. The lowest BCUT2D eigenvalue weighted by molar-refractivity contribution is 0.0400. The molecule has 0 saturated heterocycles. The summed E-state index contributed by atoms with van der Waals surface area (Å²) in [7, 11) is 0. The van der Waals surface area contributed by atoms with E-state index >= 15 is 0 Å². The molecule has 0 spiro atoms. The first-order valence-corrected chi connectivity index (χ1v) is 5.12. The Hall–Kier alpha value is -0.710. The zero-order valence-corrected chi connectivity index (χ0v) is 10.9. The molecule has 0 radical (unpaired) electrons. The van der Waals surface area contributed by atoms with Crippen molar-refractivity contribution in [2.24, 2.45) is 11.1 Å². The number of rotatable bonds is 2. The summed E-state index contributed by atoms with van der Waals surface area (Å²) in [5.41, 5.74) is 5.78. The second-order valence-electron chi connectivity index (χ2n) is 5.01. The summed E-state index contributed by atoms with van der Waals surface area (Å²) < 4.78 is 25.7. The summed E-state index contributed by atoms with van der Waals surface area (Å²) in [6, 6.07) is 2.70. The standard InChI is InChI=1S/C12H17F2NO.ClH/c1-12(2,3)11(16)10(15)7-4-5-8(13)9(14)6-7;/h4-6,10-11,16H,15H2,1-3H3;1H/t10-,11-;/m1./s1. The predicted molar refractivity (Wildman–Crippen MR) is 66.0 cm³/mol. The van der Waals surface area contributed by atoms with Gasteiger partial charge < -0.3 is 10.8 Å². The van der Waals surface area contributed by atoms with Crippen molar-refractivity contribution < 1.29 is 13.9 Å². The lowest BCUT2D eigenvalue weighted by atomic mass is 9.82. The number of aliphatic hydroxyl groups excluding tert-OH is 1. The van der Waals surface area contributed by atoms with Crippen molar-refractivity contribution >= 4 is 12.4 Å². The van der Waals surface area contributed by atoms with Crippen molar-refractivity contribution in [3.05, 3.63) is 35.4 Å². The SMILES string of the molecule is CC(C)(C)[C@H](O)[C@H](N)c1ccc(F)c(F)c1.Cl. The first-order chi connectivity index (χ1) is 7.23. The van der Waals surface area contributed by atoms with Gasteiger partial charge in [-0.15, -0.1) is 12.4 Å². The van der Waals surface area contributed by atoms with Gasteiger partial charge >= 0.3 is 0 Å². The van der Waals surface area contributed by atoms with Crippen LogP contribution < -0.4 is 5.73 Å². The molecular weight excluding hydrogens is 248 g/mol. The van der Waals surface area contributed by atoms with Crippen LogP contribution in [0.2, 0.25) is 0 Å². The van der Waals surface area contributed by atoms with Crippen molar-refractivity contribution in [2.45, 2.75) is 32.9 Å². The van der Waals surface area contributed by atoms with Gasteiger partial charge in [0.25, 0.3) is 0 Å². The van der Waals surface area contributed by atoms with Crippen LogP contribution in [-0.2, 0) is 0 Å². The maximum atomic E-state index is 13.0. The molecule has 0 bridgehead atoms. The van der Waals surface area contributed by atoms with Crippen molar-refractivity contribution in [1.82, 2.24) is 0 Å². The zero-order chi connectivity index (χ0) is 12.5. The second-order valence-corrected chi connectivity index (χ2v) is 5.01. The van der Waals surface area contributed by atoms with E-state index in [0.29, 0.717) is 5.56 Å². The third-order valence-electron chi connectivity index (χ3n) is 2.56. The summed E-state index contributed by atoms with van der Waals surface area (Å²) in [4.78, 5) is 0. The Morgan fingerprint density at radius 2 is 1.71 bits per heavy atom. The Kier molecular flexibility index (Phi) is 5.52. The molecule has 98 valence electrons. The highest BCUT2D eigenvalue weighted by Gasteiger charge is 2.29. The first kappa shape index (κ1) is 16.3. The van der Waals surface area contributed by atoms with Gasteiger partial charge in [-0.1, -0.05) is 26.8 Å². The van der Waals surface area contributed by atoms with Crippen LogP contribution in [0.3, 0.4) is 0 Å². The fourth-order valence-electron chi connectivity index (χ4n) is 1.44. The van der Waals surface area contributed by atoms with Crippen molar-refractivity contribution in [1.29, 1.82) is 0 Å². The monoisotopic (exact) mass is 265 g/mol. The third kappa shape index (κ3) is 3.91. The van der Waals surface area contributed by atoms with E-state index in [1.807, 2.05) is 20.8 Å². The number of hydrogen-bond donors (Lipinski definition) is 2. The van der Waals surface area contributed by atoms with Crippen LogP contribution in [0.5, 0.6) is 0 Å². The van der Waals surface area contributed by atoms with E-state index in [-0.39, 0.29) is 12.4 Å². The summed E-state index contributed by atoms with van der Waals surface area (Å²) >= 11 is 0. The fraction of sp³-hybridized carbons (Fsp3) is 0.500. The van der Waals surface area contributed by atoms with Gasteiger partial charge in [-0.25, -0.2) is 8.78 Å². The fourth-order valence-corrected chi connectivity index (χ4v) is 1.44. The molecule has 0 unspecified atom stereocenters. The Balaban J connectivity index is 0.00000256. The lowest BCUT2D eigenvalue weighted by Crippen LogP contribution is -2.37. The molecule has 0 fully saturated rings. The molecule has 0 aliphatic heterocycles. The van der Waals surface area contributed by atoms with E-state index in [9.17, 15) is 13.9 Å². The van der Waals surface area contributed by atoms with Gasteiger partial charge in [0.2, 0.25) is 0 Å². The molecule has 2 nitrogen and oxygen atoms in total. The Morgan fingerprint density at radius 3 is 2.12 bits per heavy atom. The van der Waals surface area contributed by atoms with E-state index in [2.05, 4.69) is 0 Å². The van der Waals surface area contributed by atoms with Gasteiger partial charge in [-0.3, -0.25) is 0 Å². The molecule has 3 N–H and O–H groups in total. The zero-order valence-electron chi connectivity index (χ0n) is 10.1. The molecule has 0 heterocycles. The minimum absolute atomic E-state index is 0. The van der Waals surface area contributed by atoms with Gasteiger partial charge in [0.1, 0.15) is 0 Å². The van der Waals surface area contributed by atoms with E-state index < -0.39 is 29.2 Å². The minimum atomic E-state index is -0.950. The topological polar surface area (TPSA) is 46.2 Å². The maximum absolute atomic E-state index is 13.0. The van der Waals surface area contributed by atoms with Gasteiger partial charge in [-0.05, 0) is 23.1 Å². The normalized spacial score (nSPS) is 15.0. The highest BCUT2D eigenvalue weighted by molar-refractivity contribution is 5.85. The Morgan fingerprint density at radius 1 is 1.18 bits per heavy atom. The van der Waals surface area contributed by atoms with Crippen LogP contribution in [-0.4, -0.2) is 11.2 Å². The van der Waals surface area contributed by atoms with Crippen LogP contribution in [0, 0.1) is 17.0 Å². The molecule has 0 saturated carbocycles. The van der Waals surface area contributed by atoms with Gasteiger partial charge in [0.15, 0.2) is 11.6 Å². The van der Waals surface area contributed by atoms with E-state index in [1.165, 1.54) is 6.07 Å². The highest BCUT2D eigenvalue weighted by Crippen LogP contribution is 2.28. The van der Waals surface area contributed by atoms with Crippen molar-refractivity contribution in [3.8, 4) is 0 Å². The molecule has 1 rings (SSSR count). The molecule has 0 aliphatic rings. The molecular formula is C12H18ClF2NO. The minimum Gasteiger partial charge on any atom is -0.391 e. The summed E-state index contributed by atoms with van der Waals surface area (Å²) in [5.74, 6) is -1.87. The number of benzene rings is 1. The first-order valence-electron chi connectivity index (χ1n) is 5.12. The molecule has 0 amide bonds. The lowest BCUT2D eigenvalue weighted by Gasteiger charge is -2.31. The number of aliphatic hydroxyl groups is 1. The smallest absolute Gasteiger partial charge is 0.159 e. The average Bonchev–Trinajstić information content (AvgIpc) is 2.18. The van der Waals surface area contributed by atoms with Crippen molar-refractivity contribution in [3.63, 3.8) is 0 Å². The van der Waals surface area contributed by atoms with Crippen LogP contribution >= 0.6 is 12.4 Å². The summed E-state index contributed by atoms with van der Waals surface area (Å²) in [5, 5.41) is 9.93. The molecule has 0 aromatic heterocycles. The van der Waals surface area contributed by atoms with Gasteiger partial charge in [-0.2, -0.15) is 0 Å². The van der Waals surface area contributed by atoms with E-state index in [0.717, 1.165) is 12.1 Å². The summed E-state index contributed by atoms with van der Waals surface area (Å²) in [6.07, 6.45) is -0.822. The van der Waals surface area contributed by atoms with Crippen LogP contribution in [0.15, 0.2) is 18.2 Å². The van der Waals surface area contributed by atoms with E-state index in [1.54, 1.807) is 0 Å². The maximum Gasteiger partial charge on any atom is 0.159 e. The molecule has 5 heteroatoms. The third-order valence-corrected chi connectivity index (χ3v) is 2.56. The molecule has 17 heavy (non-hydrogen) atoms. The molecule has 0 aliphatic carbocycles. The largest absolute Gasteiger partial charge is 0.391 e. The number of nitrogens with two attached hydrogens (primary N) is 1. The highest BCUT2D eigenvalue weighted by atomic mass is 35.5. The van der Waals surface area contributed by atoms with Crippen LogP contribution in [0.25, 0.3) is 0 Å². The Labute approximate surface area is 106 Å². The quantitative estimate of drug-likeness (QED) is 0.864. The van der Waals surface area contributed by atoms with Gasteiger partial charge in [0.05, 0.1) is 12.1 Å². The molecule has 1 aromatic carbocycles. The number of halogens is 3. The molecule has 2 atom stereocenters. The van der Waals surface area contributed by atoms with E-state index in [4.69, 9.17) is 5.73 Å². The summed E-state index contributed by atoms with van der Waals surface area (Å²) in [6.45, 7) is 5.49. The number of hydrogen-bond acceptors (Lipinski definition) is 2. The Bertz CT molecular complexity index is 379. The van der Waals surface area contributed by atoms with Crippen LogP contribution in [0.1, 0.15) is 32.4 Å². The van der Waals surface area contributed by atoms with Crippen molar-refractivity contribution in [2.75, 3.05) is 0 Å². The average molecular weight is 266 g/mol. The molecule has 1 aromatic rings. The van der Waals surface area contributed by atoms with Gasteiger partial charge in [0, 0.05) is 0 Å².